The molecule has 2 rings (SSSR count). The van der Waals surface area contributed by atoms with Crippen LogP contribution in [-0.4, -0.2) is 53.5 Å². The average molecular weight is 277 g/mol. The Labute approximate surface area is 120 Å². The third kappa shape index (κ3) is 3.90. The van der Waals surface area contributed by atoms with Crippen LogP contribution in [0.2, 0.25) is 0 Å². The summed E-state index contributed by atoms with van der Waals surface area (Å²) in [6.45, 7) is 4.72. The molecule has 1 aliphatic rings. The second-order valence-electron chi connectivity index (χ2n) is 5.20. The lowest BCUT2D eigenvalue weighted by molar-refractivity contribution is 0.0938. The van der Waals surface area contributed by atoms with E-state index in [4.69, 9.17) is 0 Å². The third-order valence-electron chi connectivity index (χ3n) is 3.61. The van der Waals surface area contributed by atoms with E-state index in [2.05, 4.69) is 39.5 Å². The molecule has 1 saturated heterocycles. The molecule has 6 heteroatoms. The summed E-state index contributed by atoms with van der Waals surface area (Å²) in [6, 6.07) is 0.442. The molecule has 20 heavy (non-hydrogen) atoms. The van der Waals surface area contributed by atoms with Gasteiger partial charge in [0.1, 0.15) is 11.5 Å². The van der Waals surface area contributed by atoms with Gasteiger partial charge in [-0.2, -0.15) is 0 Å². The molecule has 2 N–H and O–H groups in total. The Bertz CT molecular complexity index is 434. The fraction of sp³-hybridized carbons (Fsp3) is 0.643. The van der Waals surface area contributed by atoms with Crippen LogP contribution in [0, 0.1) is 0 Å². The van der Waals surface area contributed by atoms with Gasteiger partial charge in [-0.1, -0.05) is 6.92 Å². The first kappa shape index (κ1) is 14.7. The maximum Gasteiger partial charge on any atom is 0.271 e. The Morgan fingerprint density at radius 1 is 1.45 bits per heavy atom. The Morgan fingerprint density at radius 3 is 2.90 bits per heavy atom. The van der Waals surface area contributed by atoms with Crippen molar-refractivity contribution >= 4 is 11.7 Å². The normalized spacial score (nSPS) is 19.0. The third-order valence-corrected chi connectivity index (χ3v) is 3.61. The molecule has 1 unspecified atom stereocenters. The van der Waals surface area contributed by atoms with Crippen molar-refractivity contribution in [2.75, 3.05) is 32.0 Å². The number of hydrogen-bond acceptors (Lipinski definition) is 5. The zero-order valence-electron chi connectivity index (χ0n) is 12.2. The minimum Gasteiger partial charge on any atom is -0.369 e. The highest BCUT2D eigenvalue weighted by Gasteiger charge is 2.21. The van der Waals surface area contributed by atoms with Crippen LogP contribution in [0.3, 0.4) is 0 Å². The molecule has 6 nitrogen and oxygen atoms in total. The Kier molecular flexibility index (Phi) is 5.29. The summed E-state index contributed by atoms with van der Waals surface area (Å²) in [5, 5.41) is 6.06. The van der Waals surface area contributed by atoms with Crippen molar-refractivity contribution in [3.63, 3.8) is 0 Å². The van der Waals surface area contributed by atoms with Gasteiger partial charge in [0.25, 0.3) is 5.91 Å². The molecule has 1 atom stereocenters. The minimum absolute atomic E-state index is 0.153. The number of likely N-dealkylation sites (N-methyl/N-ethyl adjacent to an activating group) is 1. The van der Waals surface area contributed by atoms with Crippen LogP contribution in [0.4, 0.5) is 5.82 Å². The molecule has 1 aliphatic heterocycles. The largest absolute Gasteiger partial charge is 0.369 e. The summed E-state index contributed by atoms with van der Waals surface area (Å²) >= 11 is 0. The minimum atomic E-state index is -0.153. The van der Waals surface area contributed by atoms with E-state index in [1.165, 1.54) is 12.6 Å². The number of nitrogens with one attached hydrogen (secondary N) is 2. The molecule has 0 radical (unpaired) electrons. The average Bonchev–Trinajstić information content (AvgIpc) is 2.88. The number of carbonyl (C=O) groups excluding carboxylic acids is 1. The molecule has 2 heterocycles. The fourth-order valence-electron chi connectivity index (χ4n) is 2.33. The SMILES string of the molecule is CCCNc1cnc(C(=O)NCC2CCCN2C)cn1. The summed E-state index contributed by atoms with van der Waals surface area (Å²) in [6.07, 6.45) is 6.49. The van der Waals surface area contributed by atoms with Crippen molar-refractivity contribution in [1.29, 1.82) is 0 Å². The second-order valence-corrected chi connectivity index (χ2v) is 5.20. The highest BCUT2D eigenvalue weighted by molar-refractivity contribution is 5.92. The van der Waals surface area contributed by atoms with Gasteiger partial charge in [-0.05, 0) is 32.9 Å². The van der Waals surface area contributed by atoms with Crippen LogP contribution in [0.1, 0.15) is 36.7 Å². The van der Waals surface area contributed by atoms with E-state index in [1.807, 2.05) is 0 Å². The molecule has 1 amide bonds. The lowest BCUT2D eigenvalue weighted by Crippen LogP contribution is -2.38. The number of amides is 1. The molecular formula is C14H23N5O. The Hall–Kier alpha value is -1.69. The molecule has 110 valence electrons. The first-order chi connectivity index (χ1) is 9.70. The molecule has 1 aromatic heterocycles. The quantitative estimate of drug-likeness (QED) is 0.815. The van der Waals surface area contributed by atoms with Crippen LogP contribution >= 0.6 is 0 Å². The lowest BCUT2D eigenvalue weighted by atomic mass is 10.2. The first-order valence-electron chi connectivity index (χ1n) is 7.25. The lowest BCUT2D eigenvalue weighted by Gasteiger charge is -2.19. The van der Waals surface area contributed by atoms with E-state index in [1.54, 1.807) is 6.20 Å². The van der Waals surface area contributed by atoms with Crippen LogP contribution in [0.15, 0.2) is 12.4 Å². The van der Waals surface area contributed by atoms with Gasteiger partial charge < -0.3 is 15.5 Å². The fourth-order valence-corrected chi connectivity index (χ4v) is 2.33. The summed E-state index contributed by atoms with van der Waals surface area (Å²) < 4.78 is 0. The number of anilines is 1. The van der Waals surface area contributed by atoms with Gasteiger partial charge in [0, 0.05) is 19.1 Å². The van der Waals surface area contributed by atoms with Gasteiger partial charge in [-0.25, -0.2) is 9.97 Å². The topological polar surface area (TPSA) is 70.2 Å². The number of aromatic nitrogens is 2. The summed E-state index contributed by atoms with van der Waals surface area (Å²) in [5.74, 6) is 0.554. The smallest absolute Gasteiger partial charge is 0.271 e. The molecule has 0 saturated carbocycles. The molecule has 1 aromatic rings. The maximum atomic E-state index is 12.0. The highest BCUT2D eigenvalue weighted by Crippen LogP contribution is 2.13. The standard InChI is InChI=1S/C14H23N5O/c1-3-6-15-13-10-16-12(9-17-13)14(20)18-8-11-5-4-7-19(11)2/h9-11H,3-8H2,1-2H3,(H,15,17)(H,18,20). The van der Waals surface area contributed by atoms with E-state index in [-0.39, 0.29) is 5.91 Å². The van der Waals surface area contributed by atoms with Crippen LogP contribution in [0.5, 0.6) is 0 Å². The first-order valence-corrected chi connectivity index (χ1v) is 7.25. The zero-order valence-corrected chi connectivity index (χ0v) is 12.2. The van der Waals surface area contributed by atoms with E-state index >= 15 is 0 Å². The summed E-state index contributed by atoms with van der Waals surface area (Å²) in [4.78, 5) is 22.6. The van der Waals surface area contributed by atoms with Crippen molar-refractivity contribution in [3.05, 3.63) is 18.1 Å². The Balaban J connectivity index is 1.82. The second kappa shape index (κ2) is 7.19. The number of nitrogens with zero attached hydrogens (tertiary/aromatic N) is 3. The molecule has 0 aliphatic carbocycles. The van der Waals surface area contributed by atoms with Crippen molar-refractivity contribution in [1.82, 2.24) is 20.2 Å². The van der Waals surface area contributed by atoms with Crippen molar-refractivity contribution < 1.29 is 4.79 Å². The molecule has 0 bridgehead atoms. The van der Waals surface area contributed by atoms with Crippen molar-refractivity contribution in [2.24, 2.45) is 0 Å². The van der Waals surface area contributed by atoms with Gasteiger partial charge in [0.15, 0.2) is 0 Å². The molecular weight excluding hydrogens is 254 g/mol. The van der Waals surface area contributed by atoms with Crippen molar-refractivity contribution in [3.8, 4) is 0 Å². The van der Waals surface area contributed by atoms with Crippen molar-refractivity contribution in [2.45, 2.75) is 32.2 Å². The van der Waals surface area contributed by atoms with E-state index in [0.29, 0.717) is 24.1 Å². The van der Waals surface area contributed by atoms with Gasteiger partial charge >= 0.3 is 0 Å². The van der Waals surface area contributed by atoms with Gasteiger partial charge in [-0.15, -0.1) is 0 Å². The van der Waals surface area contributed by atoms with Gasteiger partial charge in [0.2, 0.25) is 0 Å². The molecule has 0 spiro atoms. The van der Waals surface area contributed by atoms with E-state index < -0.39 is 0 Å². The predicted octanol–water partition coefficient (Wildman–Crippen LogP) is 1.12. The molecule has 0 aromatic carbocycles. The monoisotopic (exact) mass is 277 g/mol. The molecule has 1 fully saturated rings. The number of rotatable bonds is 6. The number of carbonyl (C=O) groups is 1. The van der Waals surface area contributed by atoms with Crippen LogP contribution in [-0.2, 0) is 0 Å². The maximum absolute atomic E-state index is 12.0. The summed E-state index contributed by atoms with van der Waals surface area (Å²) in [5.41, 5.74) is 0.368. The van der Waals surface area contributed by atoms with Gasteiger partial charge in [0.05, 0.1) is 12.4 Å². The number of likely N-dealkylation sites (tertiary alicyclic amines) is 1. The highest BCUT2D eigenvalue weighted by atomic mass is 16.1. The van der Waals surface area contributed by atoms with E-state index in [0.717, 1.165) is 25.9 Å². The summed E-state index contributed by atoms with van der Waals surface area (Å²) in [7, 11) is 2.10. The van der Waals surface area contributed by atoms with Crippen LogP contribution in [0.25, 0.3) is 0 Å². The predicted molar refractivity (Wildman–Crippen MR) is 78.8 cm³/mol. The Morgan fingerprint density at radius 2 is 2.30 bits per heavy atom. The van der Waals surface area contributed by atoms with Crippen LogP contribution < -0.4 is 10.6 Å². The van der Waals surface area contributed by atoms with E-state index in [9.17, 15) is 4.79 Å². The zero-order chi connectivity index (χ0) is 14.4. The van der Waals surface area contributed by atoms with Gasteiger partial charge in [-0.3, -0.25) is 4.79 Å². The number of hydrogen-bond donors (Lipinski definition) is 2.